The van der Waals surface area contributed by atoms with Crippen molar-refractivity contribution in [1.29, 1.82) is 0 Å². The van der Waals surface area contributed by atoms with Crippen LogP contribution in [-0.2, 0) is 100 Å². The Bertz CT molecular complexity index is 6700. The fourth-order valence-corrected chi connectivity index (χ4v) is 12.5. The molecule has 0 fully saturated rings. The quantitative estimate of drug-likeness (QED) is 0.0190. The molecule has 0 unspecified atom stereocenters. The predicted octanol–water partition coefficient (Wildman–Crippen LogP) is 7.34. The molecule has 14 heterocycles. The second-order valence-electron chi connectivity index (χ2n) is 26.7. The molecule has 0 saturated carbocycles. The summed E-state index contributed by atoms with van der Waals surface area (Å²) < 4.78 is 15.8. The summed E-state index contributed by atoms with van der Waals surface area (Å²) >= 11 is 4.78. The molecule has 3 aliphatic rings. The second-order valence-corrected chi connectivity index (χ2v) is 27.1. The summed E-state index contributed by atoms with van der Waals surface area (Å²) in [5.74, 6) is 2.74. The third-order valence-corrected chi connectivity index (χ3v) is 18.5. The zero-order valence-electron chi connectivity index (χ0n) is 63.5. The summed E-state index contributed by atoms with van der Waals surface area (Å²) in [6.45, 7) is 1.96. The van der Waals surface area contributed by atoms with Gasteiger partial charge in [0.25, 0.3) is 0 Å². The summed E-state index contributed by atoms with van der Waals surface area (Å²) in [5, 5.41) is 154. The fourth-order valence-electron chi connectivity index (χ4n) is 12.3. The lowest BCUT2D eigenvalue weighted by Gasteiger charge is -2.02. The normalized spacial score (nSPS) is 12.7. The summed E-state index contributed by atoms with van der Waals surface area (Å²) in [5.41, 5.74) is 14.6. The van der Waals surface area contributed by atoms with Crippen LogP contribution in [0, 0.1) is 4.84 Å². The number of hydrogen-bond acceptors (Lipinski definition) is 38. The molecule has 122 heavy (non-hydrogen) atoms. The number of H-pyrrole nitrogens is 4. The number of oxime groups is 2. The molecule has 7 aromatic carbocycles. The van der Waals surface area contributed by atoms with Gasteiger partial charge in [0.15, 0.2) is 24.2 Å². The number of nitrogens with one attached hydrogen (secondary N) is 4. The van der Waals surface area contributed by atoms with Crippen molar-refractivity contribution < 1.29 is 69.7 Å². The van der Waals surface area contributed by atoms with E-state index < -0.39 is 0 Å². The third kappa shape index (κ3) is 21.0. The number of carbonyl (C=O) groups excluding carboxylic acids is 2. The number of amidine groups is 1. The van der Waals surface area contributed by atoms with Gasteiger partial charge >= 0.3 is 16.8 Å². The number of aliphatic imine (C=N–C) groups is 1. The molecule has 620 valence electrons. The monoisotopic (exact) mass is 1680 g/mol. The van der Waals surface area contributed by atoms with Crippen molar-refractivity contribution in [2.45, 2.75) is 90.6 Å². The highest BCUT2D eigenvalue weighted by atomic mass is 32.1. The Kier molecular flexibility index (Phi) is 25.1. The molecule has 0 amide bonds. The van der Waals surface area contributed by atoms with Gasteiger partial charge in [0.1, 0.15) is 80.8 Å². The predicted molar refractivity (Wildman–Crippen MR) is 421 cm³/mol. The van der Waals surface area contributed by atoms with Gasteiger partial charge in [-0.25, -0.2) is 24.7 Å². The number of aromatic nitrogens is 29. The van der Waals surface area contributed by atoms with Gasteiger partial charge in [0.2, 0.25) is 0 Å². The van der Waals surface area contributed by atoms with Crippen molar-refractivity contribution >= 4 is 118 Å². The van der Waals surface area contributed by atoms with E-state index >= 15 is 0 Å². The molecule has 18 aromatic rings. The zero-order chi connectivity index (χ0) is 84.3. The number of nitrogens with zero attached hydrogens (tertiary/aromatic N) is 30. The van der Waals surface area contributed by atoms with Crippen LogP contribution in [0.4, 0.5) is 0 Å². The summed E-state index contributed by atoms with van der Waals surface area (Å²) in [4.78, 5) is 48.9. The lowest BCUT2D eigenvalue weighted by atomic mass is 10.0. The van der Waals surface area contributed by atoms with Gasteiger partial charge in [-0.2, -0.15) is 25.6 Å². The van der Waals surface area contributed by atoms with Crippen molar-refractivity contribution in [3.05, 3.63) is 232 Å². The number of aryl methyl sites for hydroxylation is 5. The standard InChI is InChI=1S/C12H11N3O3.C11H11N5O2.C11H10N4O2S.C11H9N3O3.C10H9N5O.C9H9N7O2.C9H9N7O/c16-12-6-10(14-18-12)3-1-8-2-4-11-9(5-8)7-13-15(11)17;17-16-10-2-1-8(3-9(10)4-14-16)5-18-6-11-12-7-13-15-11;16-15-9-3-1-7(5-8(9)6-12-15)2-4-10-13-11(18)17-14-10;15-11-5-9(13-17-11)4-7-1-2-10-8(3-7)6-12-14(10)16;16-15-9-2-1-7(3-8(9)5-13-15)4-10-11-6-12-14-10;17-16-8-2-1-6(3-7(8)10-15-16)4-18-5-9-11-13-14-12-9;17-16-8-3-1-6(5-7(8)10-15-16)2-4-9-11-13-14-12-9/h2,4-5,7,17H,1,3,6H2;1-4,7,17H,5-6H2,(H,12,13,15);1,3,5-6,16H,2,4H2,(H,13,14,18);1-3,6,16H,4-5H2;1-3,5,16H,4,6H2;1-3,17H,4-5H2,(H,11,12,13,14);1,3,5,17H,2,4H2,(H,11,12,13,14). The first-order valence-corrected chi connectivity index (χ1v) is 37.2. The largest absolute Gasteiger partial charge is 0.411 e. The molecule has 0 bridgehead atoms. The maximum atomic E-state index is 10.9. The van der Waals surface area contributed by atoms with Crippen LogP contribution in [0.1, 0.15) is 81.5 Å². The van der Waals surface area contributed by atoms with E-state index in [1.54, 1.807) is 61.3 Å². The Morgan fingerprint density at radius 3 is 1.35 bits per heavy atom. The molecule has 21 rings (SSSR count). The third-order valence-electron chi connectivity index (χ3n) is 18.3. The van der Waals surface area contributed by atoms with Crippen LogP contribution in [0.5, 0.6) is 0 Å². The van der Waals surface area contributed by atoms with E-state index in [2.05, 4.69) is 148 Å². The number of fused-ring (bicyclic) bond motifs is 7. The van der Waals surface area contributed by atoms with Crippen molar-refractivity contribution in [2.24, 2.45) is 25.5 Å². The minimum absolute atomic E-state index is 0.224. The Morgan fingerprint density at radius 1 is 0.434 bits per heavy atom. The fraction of sp³-hybridized carbons (Fsp3) is 0.205. The first-order valence-electron chi connectivity index (χ1n) is 36.8. The Balaban J connectivity index is 0.000000111. The van der Waals surface area contributed by atoms with Gasteiger partial charge < -0.3 is 60.1 Å². The molecule has 11 aromatic heterocycles. The van der Waals surface area contributed by atoms with Crippen LogP contribution in [0.2, 0.25) is 0 Å². The SMILES string of the molecule is O=C1CC(CCc2ccc3c(cnn3O)c2)=NO1.O=C1CC(Cc2ccc3c(cnn3O)c2)=NO1.On1ncc2cc(CC3=NCN=N3)ccc21.On1ncc2cc(CCc3nc(=S)o[nH]3)ccc21.On1ncc2cc(COCc3ncn[nH]3)ccc21.On1nnc2cc(CCc3nn[nH]n3)ccc21.On1nnc2cc(COCc3nn[nH]n3)ccc21. The maximum Gasteiger partial charge on any atom is 0.340 e. The Labute approximate surface area is 685 Å². The molecule has 0 aliphatic carbocycles. The van der Waals surface area contributed by atoms with E-state index in [-0.39, 0.29) is 36.2 Å². The topological polar surface area (TPSA) is 617 Å². The molecule has 0 atom stereocenters. The van der Waals surface area contributed by atoms with E-state index in [4.69, 9.17) is 26.2 Å². The molecule has 0 radical (unpaired) electrons. The van der Waals surface area contributed by atoms with Crippen LogP contribution in [0.25, 0.3) is 76.6 Å². The van der Waals surface area contributed by atoms with Crippen LogP contribution >= 0.6 is 12.2 Å². The molecule has 0 spiro atoms. The lowest BCUT2D eigenvalue weighted by molar-refractivity contribution is -0.140. The van der Waals surface area contributed by atoms with Gasteiger partial charge in [-0.3, -0.25) is 5.10 Å². The number of carbonyl (C=O) groups is 2. The number of rotatable bonds is 21. The average Bonchev–Trinajstić information content (AvgIpc) is 1.69. The Hall–Kier alpha value is -16.6. The highest BCUT2D eigenvalue weighted by Gasteiger charge is 2.20. The summed E-state index contributed by atoms with van der Waals surface area (Å²) in [7, 11) is 0. The molecule has 48 nitrogen and oxygen atoms in total. The second kappa shape index (κ2) is 38.0. The number of azo groups is 1. The zero-order valence-corrected chi connectivity index (χ0v) is 64.3. The van der Waals surface area contributed by atoms with Crippen molar-refractivity contribution in [2.75, 3.05) is 6.67 Å². The van der Waals surface area contributed by atoms with E-state index in [1.807, 2.05) is 97.1 Å². The van der Waals surface area contributed by atoms with Gasteiger partial charge in [0.05, 0.1) is 68.5 Å². The number of aromatic amines is 4. The van der Waals surface area contributed by atoms with Crippen LogP contribution in [0.15, 0.2) is 195 Å². The Morgan fingerprint density at radius 2 is 0.877 bits per heavy atom. The molecule has 3 aliphatic heterocycles. The highest BCUT2D eigenvalue weighted by molar-refractivity contribution is 7.71. The van der Waals surface area contributed by atoms with E-state index in [1.165, 1.54) is 6.33 Å². The lowest BCUT2D eigenvalue weighted by Crippen LogP contribution is -2.02. The smallest absolute Gasteiger partial charge is 0.340 e. The van der Waals surface area contributed by atoms with Gasteiger partial charge in [-0.15, -0.1) is 85.4 Å². The van der Waals surface area contributed by atoms with Crippen LogP contribution < -0.4 is 0 Å². The molecular weight excluding hydrogens is 1610 g/mol. The first-order chi connectivity index (χ1) is 59.5. The van der Waals surface area contributed by atoms with Crippen molar-refractivity contribution in [3.63, 3.8) is 0 Å². The van der Waals surface area contributed by atoms with Crippen molar-refractivity contribution in [3.8, 4) is 0 Å². The van der Waals surface area contributed by atoms with Crippen LogP contribution in [-0.4, -0.2) is 219 Å². The summed E-state index contributed by atoms with van der Waals surface area (Å²) in [6, 6.07) is 39.3. The van der Waals surface area contributed by atoms with Gasteiger partial charge in [-0.1, -0.05) is 72.9 Å². The van der Waals surface area contributed by atoms with Crippen molar-refractivity contribution in [1.82, 2.24) is 147 Å². The van der Waals surface area contributed by atoms with E-state index in [0.717, 1.165) is 143 Å². The molecule has 49 heteroatoms. The van der Waals surface area contributed by atoms with Gasteiger partial charge in [-0.05, 0) is 172 Å². The minimum Gasteiger partial charge on any atom is -0.411 e. The maximum absolute atomic E-state index is 10.9. The minimum atomic E-state index is -0.316. The number of tetrazole rings is 2. The first kappa shape index (κ1) is 80.6. The average molecular weight is 1680 g/mol. The molecule has 0 saturated heterocycles. The summed E-state index contributed by atoms with van der Waals surface area (Å²) in [6.07, 6.45) is 15.8. The number of ether oxygens (including phenoxy) is 2. The van der Waals surface area contributed by atoms with E-state index in [0.29, 0.717) is 125 Å². The molecular formula is C73H68N34O14S. The van der Waals surface area contributed by atoms with Crippen LogP contribution in [0.3, 0.4) is 0 Å². The molecule has 11 N–H and O–H groups in total. The number of hydrogen-bond donors (Lipinski definition) is 11. The highest BCUT2D eigenvalue weighted by Crippen LogP contribution is 2.24. The van der Waals surface area contributed by atoms with E-state index in [9.17, 15) is 46.0 Å². The van der Waals surface area contributed by atoms with Gasteiger partial charge in [0, 0.05) is 52.6 Å². The number of benzene rings is 7.